The Morgan fingerprint density at radius 3 is 1.58 bits per heavy atom. The summed E-state index contributed by atoms with van der Waals surface area (Å²) in [5.74, 6) is 3.11. The molecule has 0 amide bonds. The first kappa shape index (κ1) is 11.5. The van der Waals surface area contributed by atoms with Crippen LogP contribution in [0.3, 0.4) is 0 Å². The van der Waals surface area contributed by atoms with Gasteiger partial charge >= 0.3 is 0 Å². The summed E-state index contributed by atoms with van der Waals surface area (Å²) in [4.78, 5) is 2.81. The van der Waals surface area contributed by atoms with Gasteiger partial charge in [-0.1, -0.05) is 0 Å². The monoisotopic (exact) mass is 263 g/mol. The molecule has 4 bridgehead atoms. The molecule has 19 heavy (non-hydrogen) atoms. The quantitative estimate of drug-likeness (QED) is 0.711. The maximum atomic E-state index is 5.52. The molecule has 6 fully saturated rings. The lowest BCUT2D eigenvalue weighted by Gasteiger charge is -2.60. The number of ether oxygens (including phenoxy) is 2. The minimum absolute atomic E-state index is 0.534. The molecule has 3 nitrogen and oxygen atoms in total. The number of hydrogen-bond donors (Lipinski definition) is 0. The average molecular weight is 263 g/mol. The molecule has 0 aromatic heterocycles. The van der Waals surface area contributed by atoms with Crippen molar-refractivity contribution in [1.29, 1.82) is 0 Å². The number of rotatable bonds is 5. The van der Waals surface area contributed by atoms with Crippen LogP contribution in [0.15, 0.2) is 0 Å². The third-order valence-electron chi connectivity index (χ3n) is 6.33. The summed E-state index contributed by atoms with van der Waals surface area (Å²) >= 11 is 0. The van der Waals surface area contributed by atoms with Crippen LogP contribution in [0.1, 0.15) is 38.5 Å². The van der Waals surface area contributed by atoms with E-state index >= 15 is 0 Å². The van der Waals surface area contributed by atoms with Crippen molar-refractivity contribution >= 4 is 0 Å². The van der Waals surface area contributed by atoms with Crippen molar-refractivity contribution < 1.29 is 9.47 Å². The van der Waals surface area contributed by atoms with Gasteiger partial charge in [-0.25, -0.2) is 0 Å². The Balaban J connectivity index is 1.40. The van der Waals surface area contributed by atoms with E-state index in [9.17, 15) is 0 Å². The van der Waals surface area contributed by atoms with Crippen LogP contribution in [-0.2, 0) is 9.47 Å². The summed E-state index contributed by atoms with van der Waals surface area (Å²) in [6.07, 6.45) is 10.1. The molecule has 3 heteroatoms. The highest BCUT2D eigenvalue weighted by atomic mass is 16.6. The molecule has 2 atom stereocenters. The highest BCUT2D eigenvalue weighted by Crippen LogP contribution is 2.58. The lowest BCUT2D eigenvalue weighted by atomic mass is 9.52. The molecule has 6 aliphatic rings. The third kappa shape index (κ3) is 2.05. The molecule has 4 saturated carbocycles. The topological polar surface area (TPSA) is 28.3 Å². The van der Waals surface area contributed by atoms with Crippen LogP contribution in [0.4, 0.5) is 0 Å². The summed E-state index contributed by atoms with van der Waals surface area (Å²) in [7, 11) is 0. The van der Waals surface area contributed by atoms with E-state index in [2.05, 4.69) is 4.90 Å². The van der Waals surface area contributed by atoms with E-state index in [1.807, 2.05) is 0 Å². The van der Waals surface area contributed by atoms with Gasteiger partial charge in [0.2, 0.25) is 0 Å². The number of epoxide rings is 2. The van der Waals surface area contributed by atoms with Gasteiger partial charge in [0.05, 0.1) is 25.4 Å². The standard InChI is InChI=1S/C16H25NO2/c1-11-2-13-3-12(1)5-16(4-11,6-13)17(7-14-9-18-14)8-15-10-19-15/h11-15H,1-10H2. The van der Waals surface area contributed by atoms with E-state index in [-0.39, 0.29) is 0 Å². The van der Waals surface area contributed by atoms with Crippen LogP contribution in [-0.4, -0.2) is 49.0 Å². The van der Waals surface area contributed by atoms with Crippen LogP contribution in [0.5, 0.6) is 0 Å². The molecular formula is C16H25NO2. The lowest BCUT2D eigenvalue weighted by Crippen LogP contribution is -2.61. The van der Waals surface area contributed by atoms with E-state index in [0.717, 1.165) is 31.0 Å². The predicted octanol–water partition coefficient (Wildman–Crippen LogP) is 2.05. The highest BCUT2D eigenvalue weighted by molar-refractivity contribution is 5.08. The molecule has 2 heterocycles. The zero-order valence-electron chi connectivity index (χ0n) is 11.7. The van der Waals surface area contributed by atoms with Gasteiger partial charge in [0, 0.05) is 18.6 Å². The Morgan fingerprint density at radius 1 is 0.789 bits per heavy atom. The van der Waals surface area contributed by atoms with Crippen molar-refractivity contribution in [2.24, 2.45) is 17.8 Å². The maximum absolute atomic E-state index is 5.52. The smallest absolute Gasteiger partial charge is 0.0936 e. The fourth-order valence-electron chi connectivity index (χ4n) is 5.75. The largest absolute Gasteiger partial charge is 0.372 e. The van der Waals surface area contributed by atoms with Gasteiger partial charge in [-0.3, -0.25) is 4.90 Å². The Kier molecular flexibility index (Phi) is 2.40. The van der Waals surface area contributed by atoms with Crippen LogP contribution < -0.4 is 0 Å². The van der Waals surface area contributed by atoms with E-state index < -0.39 is 0 Å². The van der Waals surface area contributed by atoms with Gasteiger partial charge in [-0.05, 0) is 56.3 Å². The van der Waals surface area contributed by atoms with Crippen molar-refractivity contribution in [2.75, 3.05) is 26.3 Å². The zero-order valence-corrected chi connectivity index (χ0v) is 11.7. The highest BCUT2D eigenvalue weighted by Gasteiger charge is 2.54. The number of hydrogen-bond acceptors (Lipinski definition) is 3. The van der Waals surface area contributed by atoms with E-state index in [0.29, 0.717) is 17.7 Å². The summed E-state index contributed by atoms with van der Waals surface area (Å²) < 4.78 is 11.0. The van der Waals surface area contributed by atoms with Crippen molar-refractivity contribution in [2.45, 2.75) is 56.3 Å². The van der Waals surface area contributed by atoms with Crippen molar-refractivity contribution in [3.8, 4) is 0 Å². The third-order valence-corrected chi connectivity index (χ3v) is 6.33. The summed E-state index contributed by atoms with van der Waals surface area (Å²) in [5.41, 5.74) is 0.534. The minimum Gasteiger partial charge on any atom is -0.372 e. The average Bonchev–Trinajstić information content (AvgIpc) is 3.21. The van der Waals surface area contributed by atoms with Crippen LogP contribution in [0.2, 0.25) is 0 Å². The van der Waals surface area contributed by atoms with Crippen molar-refractivity contribution in [3.05, 3.63) is 0 Å². The first-order chi connectivity index (χ1) is 9.29. The molecule has 0 radical (unpaired) electrons. The molecule has 2 unspecified atom stereocenters. The molecule has 6 rings (SSSR count). The second-order valence-electron chi connectivity index (χ2n) is 7.96. The van der Waals surface area contributed by atoms with E-state index in [1.54, 1.807) is 0 Å². The first-order valence-electron chi connectivity index (χ1n) is 8.27. The molecule has 0 N–H and O–H groups in total. The molecule has 0 aromatic rings. The lowest BCUT2D eigenvalue weighted by molar-refractivity contribution is -0.0919. The Hall–Kier alpha value is -0.120. The molecular weight excluding hydrogens is 238 g/mol. The number of nitrogens with zero attached hydrogens (tertiary/aromatic N) is 1. The van der Waals surface area contributed by atoms with E-state index in [4.69, 9.17) is 9.47 Å². The molecule has 2 aliphatic heterocycles. The fourth-order valence-corrected chi connectivity index (χ4v) is 5.75. The van der Waals surface area contributed by atoms with Gasteiger partial charge < -0.3 is 9.47 Å². The normalized spacial score (nSPS) is 53.8. The SMILES string of the molecule is C1C2CC3CC1CC(N(CC1CO1)CC1CO1)(C2)C3. The van der Waals surface area contributed by atoms with Gasteiger partial charge in [-0.15, -0.1) is 0 Å². The summed E-state index contributed by atoms with van der Waals surface area (Å²) in [5, 5.41) is 0. The molecule has 106 valence electrons. The van der Waals surface area contributed by atoms with Gasteiger partial charge in [-0.2, -0.15) is 0 Å². The van der Waals surface area contributed by atoms with Crippen LogP contribution in [0.25, 0.3) is 0 Å². The second-order valence-corrected chi connectivity index (χ2v) is 7.96. The molecule has 0 spiro atoms. The van der Waals surface area contributed by atoms with Gasteiger partial charge in [0.25, 0.3) is 0 Å². The molecule has 4 aliphatic carbocycles. The predicted molar refractivity (Wildman–Crippen MR) is 72.0 cm³/mol. The summed E-state index contributed by atoms with van der Waals surface area (Å²) in [6, 6.07) is 0. The van der Waals surface area contributed by atoms with E-state index in [1.165, 1.54) is 51.6 Å². The van der Waals surface area contributed by atoms with Gasteiger partial charge in [0.15, 0.2) is 0 Å². The Morgan fingerprint density at radius 2 is 1.21 bits per heavy atom. The fraction of sp³-hybridized carbons (Fsp3) is 1.00. The van der Waals surface area contributed by atoms with Crippen LogP contribution >= 0.6 is 0 Å². The molecule has 2 saturated heterocycles. The van der Waals surface area contributed by atoms with Crippen molar-refractivity contribution in [1.82, 2.24) is 4.90 Å². The Labute approximate surface area is 115 Å². The van der Waals surface area contributed by atoms with Gasteiger partial charge in [0.1, 0.15) is 0 Å². The maximum Gasteiger partial charge on any atom is 0.0936 e. The first-order valence-corrected chi connectivity index (χ1v) is 8.27. The summed E-state index contributed by atoms with van der Waals surface area (Å²) in [6.45, 7) is 4.33. The zero-order chi connectivity index (χ0) is 12.4. The molecule has 0 aromatic carbocycles. The minimum atomic E-state index is 0.534. The Bertz CT molecular complexity index is 326. The second kappa shape index (κ2) is 3.96. The van der Waals surface area contributed by atoms with Crippen molar-refractivity contribution in [3.63, 3.8) is 0 Å². The van der Waals surface area contributed by atoms with Crippen LogP contribution in [0, 0.1) is 17.8 Å².